The van der Waals surface area contributed by atoms with Crippen molar-refractivity contribution in [3.63, 3.8) is 0 Å². The lowest BCUT2D eigenvalue weighted by atomic mass is 10.3. The minimum Gasteiger partial charge on any atom is -0.402 e. The fraction of sp³-hybridized carbons (Fsp3) is 0. The summed E-state index contributed by atoms with van der Waals surface area (Å²) in [5.41, 5.74) is 0. The maximum Gasteiger partial charge on any atom is 0.659 e. The predicted octanol–water partition coefficient (Wildman–Crippen LogP) is -3.62. The largest absolute Gasteiger partial charge is 0.659 e. The Kier molecular flexibility index (Phi) is 2.56. The molecule has 0 unspecified atom stereocenters. The van der Waals surface area contributed by atoms with Gasteiger partial charge in [-0.15, -0.1) is 0 Å². The van der Waals surface area contributed by atoms with Crippen molar-refractivity contribution in [2.24, 2.45) is 0 Å². The van der Waals surface area contributed by atoms with Gasteiger partial charge in [-0.2, -0.15) is 0 Å². The predicted molar refractivity (Wildman–Crippen MR) is 23.7 cm³/mol. The molecule has 0 aromatic carbocycles. The van der Waals surface area contributed by atoms with Crippen molar-refractivity contribution < 1.29 is 28.8 Å². The zero-order valence-electron chi connectivity index (χ0n) is 3.72. The third-order valence-electron chi connectivity index (χ3n) is 0.264. The average molecular weight is 140 g/mol. The van der Waals surface area contributed by atoms with Crippen LogP contribution in [-0.4, -0.2) is 40.8 Å². The molecule has 48 valence electrons. The Hall–Kier alpha value is 0.0418. The van der Waals surface area contributed by atoms with Crippen LogP contribution in [0.1, 0.15) is 0 Å². The molecule has 0 bridgehead atoms. The first-order valence-electron chi connectivity index (χ1n) is 1.63. The Morgan fingerprint density at radius 1 is 1.12 bits per heavy atom. The summed E-state index contributed by atoms with van der Waals surface area (Å²) in [4.78, 5) is 23.7. The van der Waals surface area contributed by atoms with E-state index in [2.05, 4.69) is 4.34 Å². The van der Waals surface area contributed by atoms with E-state index in [1.165, 1.54) is 0 Å². The molecule has 0 aromatic heterocycles. The van der Waals surface area contributed by atoms with Crippen LogP contribution in [0.5, 0.6) is 0 Å². The Bertz CT molecular complexity index is 63.4. The molecule has 0 saturated carbocycles. The van der Waals surface area contributed by atoms with E-state index in [0.29, 0.717) is 0 Å². The normalized spacial score (nSPS) is 11.6. The van der Waals surface area contributed by atoms with E-state index in [9.17, 15) is 0 Å². The Labute approximate surface area is 46.3 Å². The first-order chi connectivity index (χ1) is 3.42. The fourth-order valence-electron chi connectivity index (χ4n) is 0.141. The van der Waals surface area contributed by atoms with E-state index in [-0.39, 0.29) is 0 Å². The van der Waals surface area contributed by atoms with E-state index >= 15 is 0 Å². The molecule has 0 heterocycles. The van der Waals surface area contributed by atoms with E-state index in [4.69, 9.17) is 24.4 Å². The summed E-state index contributed by atoms with van der Waals surface area (Å²) in [6.45, 7) is 0. The Morgan fingerprint density at radius 2 is 1.50 bits per heavy atom. The lowest BCUT2D eigenvalue weighted by Gasteiger charge is -2.07. The fourth-order valence-corrected chi connectivity index (χ4v) is 0.424. The summed E-state index contributed by atoms with van der Waals surface area (Å²) in [7, 11) is -7.07. The van der Waals surface area contributed by atoms with E-state index in [0.717, 1.165) is 0 Å². The summed E-state index contributed by atoms with van der Waals surface area (Å²) >= 11 is 0. The van der Waals surface area contributed by atoms with Gasteiger partial charge in [0, 0.05) is 0 Å². The molecular formula is H5BO6Si. The second-order valence-corrected chi connectivity index (χ2v) is 2.40. The molecule has 0 aromatic rings. The third-order valence-corrected chi connectivity index (χ3v) is 0.791. The van der Waals surface area contributed by atoms with Gasteiger partial charge in [0.15, 0.2) is 0 Å². The summed E-state index contributed by atoms with van der Waals surface area (Å²) in [6.07, 6.45) is 0. The molecule has 0 saturated heterocycles. The lowest BCUT2D eigenvalue weighted by Crippen LogP contribution is -2.44. The summed E-state index contributed by atoms with van der Waals surface area (Å²) in [5, 5.41) is 15.6. The molecule has 0 atom stereocenters. The van der Waals surface area contributed by atoms with Gasteiger partial charge in [-0.3, -0.25) is 0 Å². The monoisotopic (exact) mass is 140 g/mol. The average Bonchev–Trinajstić information content (AvgIpc) is 1.21. The first-order valence-corrected chi connectivity index (χ1v) is 3.38. The number of rotatable bonds is 2. The molecule has 0 radical (unpaired) electrons. The van der Waals surface area contributed by atoms with Gasteiger partial charge in [-0.1, -0.05) is 0 Å². The van der Waals surface area contributed by atoms with Crippen LogP contribution in [0.4, 0.5) is 0 Å². The van der Waals surface area contributed by atoms with Gasteiger partial charge in [0.25, 0.3) is 0 Å². The van der Waals surface area contributed by atoms with E-state index < -0.39 is 16.4 Å². The SMILES string of the molecule is OB(O)O[Si](O)(O)O. The van der Waals surface area contributed by atoms with Crippen molar-refractivity contribution in [2.75, 3.05) is 0 Å². The van der Waals surface area contributed by atoms with Crippen molar-refractivity contribution in [1.29, 1.82) is 0 Å². The van der Waals surface area contributed by atoms with Crippen LogP contribution in [0, 0.1) is 0 Å². The van der Waals surface area contributed by atoms with Gasteiger partial charge in [-0.05, 0) is 0 Å². The van der Waals surface area contributed by atoms with Gasteiger partial charge in [-0.25, -0.2) is 0 Å². The van der Waals surface area contributed by atoms with Crippen LogP contribution in [0.25, 0.3) is 0 Å². The standard InChI is InChI=1S/BH5O6Si/c2-1(3)7-8(4,5)6/h2-6H. The van der Waals surface area contributed by atoms with Crippen molar-refractivity contribution in [3.8, 4) is 0 Å². The van der Waals surface area contributed by atoms with Gasteiger partial charge in [0.2, 0.25) is 0 Å². The zero-order valence-corrected chi connectivity index (χ0v) is 4.72. The smallest absolute Gasteiger partial charge is 0.402 e. The summed E-state index contributed by atoms with van der Waals surface area (Å²) < 4.78 is 3.35. The number of hydrogen-bond acceptors (Lipinski definition) is 6. The summed E-state index contributed by atoms with van der Waals surface area (Å²) in [6, 6.07) is 0. The van der Waals surface area contributed by atoms with Crippen LogP contribution in [0.2, 0.25) is 0 Å². The Balaban J connectivity index is 3.39. The quantitative estimate of drug-likeness (QED) is 0.253. The zero-order chi connectivity index (χ0) is 6.78. The molecule has 0 spiro atoms. The molecule has 0 aliphatic rings. The molecule has 0 aliphatic heterocycles. The van der Waals surface area contributed by atoms with Crippen LogP contribution >= 0.6 is 0 Å². The topological polar surface area (TPSA) is 110 Å². The van der Waals surface area contributed by atoms with Crippen molar-refractivity contribution in [3.05, 3.63) is 0 Å². The van der Waals surface area contributed by atoms with Crippen molar-refractivity contribution >= 4 is 16.4 Å². The molecule has 5 N–H and O–H groups in total. The summed E-state index contributed by atoms with van der Waals surface area (Å²) in [5.74, 6) is 0. The van der Waals surface area contributed by atoms with Crippen LogP contribution in [0.15, 0.2) is 0 Å². The minimum absolute atomic E-state index is 2.35. The van der Waals surface area contributed by atoms with Crippen LogP contribution in [0.3, 0.4) is 0 Å². The van der Waals surface area contributed by atoms with Crippen molar-refractivity contribution in [1.82, 2.24) is 0 Å². The van der Waals surface area contributed by atoms with Gasteiger partial charge in [0.05, 0.1) is 0 Å². The number of hydrogen-bond donors (Lipinski definition) is 5. The Morgan fingerprint density at radius 3 is 1.50 bits per heavy atom. The molecular weight excluding hydrogens is 135 g/mol. The molecule has 0 rings (SSSR count). The highest BCUT2D eigenvalue weighted by Crippen LogP contribution is 1.87. The van der Waals surface area contributed by atoms with E-state index in [1.807, 2.05) is 0 Å². The molecule has 0 aliphatic carbocycles. The maximum absolute atomic E-state index is 7.90. The van der Waals surface area contributed by atoms with Crippen LogP contribution in [-0.2, 0) is 4.34 Å². The highest BCUT2D eigenvalue weighted by atomic mass is 28.4. The second kappa shape index (κ2) is 2.55. The highest BCUT2D eigenvalue weighted by Gasteiger charge is 2.35. The molecule has 6 nitrogen and oxygen atoms in total. The highest BCUT2D eigenvalue weighted by molar-refractivity contribution is 6.57. The van der Waals surface area contributed by atoms with E-state index in [1.54, 1.807) is 0 Å². The third kappa shape index (κ3) is 6.04. The molecule has 0 amide bonds. The van der Waals surface area contributed by atoms with Crippen molar-refractivity contribution in [2.45, 2.75) is 0 Å². The van der Waals surface area contributed by atoms with Gasteiger partial charge < -0.3 is 28.8 Å². The lowest BCUT2D eigenvalue weighted by molar-refractivity contribution is 0.0981. The molecule has 8 heavy (non-hydrogen) atoms. The second-order valence-electron chi connectivity index (χ2n) is 1.02. The first kappa shape index (κ1) is 8.04. The van der Waals surface area contributed by atoms with Gasteiger partial charge >= 0.3 is 16.4 Å². The molecule has 0 fully saturated rings. The molecule has 8 heteroatoms. The minimum atomic E-state index is -4.72. The van der Waals surface area contributed by atoms with Gasteiger partial charge in [0.1, 0.15) is 0 Å². The maximum atomic E-state index is 7.90. The van der Waals surface area contributed by atoms with Crippen LogP contribution < -0.4 is 0 Å².